The molecule has 2 aromatic carbocycles. The first-order valence-corrected chi connectivity index (χ1v) is 11.6. The van der Waals surface area contributed by atoms with Gasteiger partial charge in [0, 0.05) is 16.7 Å². The fourth-order valence-electron chi connectivity index (χ4n) is 4.02. The summed E-state index contributed by atoms with van der Waals surface area (Å²) in [6.45, 7) is 13.5. The number of aliphatic hydroxyl groups is 1. The lowest BCUT2D eigenvalue weighted by molar-refractivity contribution is -0.154. The molecule has 0 bridgehead atoms. The zero-order chi connectivity index (χ0) is 26.6. The quantitative estimate of drug-likeness (QED) is 0.298. The molecule has 7 heteroatoms. The predicted octanol–water partition coefficient (Wildman–Crippen LogP) is 6.41. The smallest absolute Gasteiger partial charge is 0.333 e. The van der Waals surface area contributed by atoms with Gasteiger partial charge in [0.25, 0.3) is 0 Å². The molecule has 0 saturated carbocycles. The number of hydrogen-bond donors (Lipinski definition) is 1. The average molecular weight is 505 g/mol. The second kappa shape index (κ2) is 11.3. The molecule has 188 valence electrons. The van der Waals surface area contributed by atoms with Gasteiger partial charge in [-0.25, -0.2) is 13.6 Å². The van der Waals surface area contributed by atoms with E-state index in [4.69, 9.17) is 16.3 Å². The number of ether oxygens (including phenoxy) is 1. The van der Waals surface area contributed by atoms with E-state index in [1.54, 1.807) is 39.0 Å². The molecule has 0 radical (unpaired) electrons. The van der Waals surface area contributed by atoms with E-state index in [9.17, 15) is 23.5 Å². The average Bonchev–Trinajstić information content (AvgIpc) is 3.27. The van der Waals surface area contributed by atoms with Gasteiger partial charge >= 0.3 is 5.97 Å². The van der Waals surface area contributed by atoms with Gasteiger partial charge < -0.3 is 9.84 Å². The number of esters is 1. The van der Waals surface area contributed by atoms with Crippen LogP contribution >= 0.6 is 11.6 Å². The summed E-state index contributed by atoms with van der Waals surface area (Å²) in [6.07, 6.45) is 2.49. The Kier molecular flexibility index (Phi) is 9.15. The fraction of sp³-hybridized carbons (Fsp3) is 0.357. The van der Waals surface area contributed by atoms with Crippen LogP contribution in [0.15, 0.2) is 60.7 Å². The second-order valence-electron chi connectivity index (χ2n) is 9.26. The first kappa shape index (κ1) is 28.4. The highest BCUT2D eigenvalue weighted by atomic mass is 35.5. The maximum absolute atomic E-state index is 13.6. The van der Waals surface area contributed by atoms with Crippen molar-refractivity contribution in [3.63, 3.8) is 0 Å². The molecule has 2 aromatic rings. The summed E-state index contributed by atoms with van der Waals surface area (Å²) in [5.74, 6) is -0.840. The van der Waals surface area contributed by atoms with Crippen LogP contribution in [0.25, 0.3) is 0 Å². The van der Waals surface area contributed by atoms with E-state index in [2.05, 4.69) is 13.2 Å². The summed E-state index contributed by atoms with van der Waals surface area (Å²) in [5, 5.41) is 9.34. The highest BCUT2D eigenvalue weighted by Gasteiger charge is 2.39. The van der Waals surface area contributed by atoms with Gasteiger partial charge in [-0.1, -0.05) is 37.4 Å². The van der Waals surface area contributed by atoms with Crippen molar-refractivity contribution in [2.24, 2.45) is 0 Å². The Morgan fingerprint density at radius 3 is 1.83 bits per heavy atom. The molecular weight excluding hydrogens is 474 g/mol. The van der Waals surface area contributed by atoms with Crippen LogP contribution in [-0.4, -0.2) is 16.3 Å². The van der Waals surface area contributed by atoms with Crippen LogP contribution in [0.5, 0.6) is 0 Å². The molecular formula is C28H31ClF2O4. The van der Waals surface area contributed by atoms with Gasteiger partial charge in [-0.05, 0) is 93.8 Å². The standard InChI is InChI=1S/C14H15FO2.C10H11FO.C4H5ClO/c1-9(2)13(16)17-14(3)8-7-10-11(14)5-4-6-12(10)15;1-10(12)6-5-7-8(10)3-2-4-9(7)11;1-3(2)4(5)6/h4-6H,1,7-8H2,2-3H3;2-4,12H,5-6H2,1H3;1H2,2H3. The topological polar surface area (TPSA) is 63.6 Å². The molecule has 4 rings (SSSR count). The molecule has 4 nitrogen and oxygen atoms in total. The lowest BCUT2D eigenvalue weighted by Crippen LogP contribution is -2.26. The van der Waals surface area contributed by atoms with Gasteiger partial charge in [0.15, 0.2) is 0 Å². The van der Waals surface area contributed by atoms with Crippen molar-refractivity contribution in [1.82, 2.24) is 0 Å². The van der Waals surface area contributed by atoms with E-state index in [-0.39, 0.29) is 11.6 Å². The number of rotatable bonds is 3. The van der Waals surface area contributed by atoms with Gasteiger partial charge in [-0.2, -0.15) is 0 Å². The Morgan fingerprint density at radius 2 is 1.37 bits per heavy atom. The van der Waals surface area contributed by atoms with Gasteiger partial charge in [0.05, 0.1) is 5.60 Å². The van der Waals surface area contributed by atoms with Crippen molar-refractivity contribution in [3.8, 4) is 0 Å². The predicted molar refractivity (Wildman–Crippen MR) is 133 cm³/mol. The van der Waals surface area contributed by atoms with Gasteiger partial charge in [-0.15, -0.1) is 0 Å². The monoisotopic (exact) mass is 504 g/mol. The second-order valence-corrected chi connectivity index (χ2v) is 9.60. The van der Waals surface area contributed by atoms with Crippen molar-refractivity contribution in [2.75, 3.05) is 0 Å². The number of allylic oxidation sites excluding steroid dienone is 1. The van der Waals surface area contributed by atoms with E-state index >= 15 is 0 Å². The maximum atomic E-state index is 13.6. The summed E-state index contributed by atoms with van der Waals surface area (Å²) in [5.41, 5.74) is 2.06. The fourth-order valence-corrected chi connectivity index (χ4v) is 4.02. The minimum atomic E-state index is -0.822. The van der Waals surface area contributed by atoms with Gasteiger partial charge in [0.1, 0.15) is 17.2 Å². The van der Waals surface area contributed by atoms with Crippen molar-refractivity contribution in [3.05, 3.63) is 94.6 Å². The Hall–Kier alpha value is -2.83. The molecule has 0 fully saturated rings. The molecule has 0 aromatic heterocycles. The van der Waals surface area contributed by atoms with Crippen LogP contribution in [-0.2, 0) is 38.4 Å². The minimum Gasteiger partial charge on any atom is -0.451 e. The molecule has 0 aliphatic heterocycles. The van der Waals surface area contributed by atoms with Gasteiger partial charge in [-0.3, -0.25) is 4.79 Å². The maximum Gasteiger partial charge on any atom is 0.333 e. The van der Waals surface area contributed by atoms with Crippen LogP contribution in [0, 0.1) is 11.6 Å². The van der Waals surface area contributed by atoms with Crippen molar-refractivity contribution < 1.29 is 28.2 Å². The Balaban J connectivity index is 0.000000209. The molecule has 0 spiro atoms. The van der Waals surface area contributed by atoms with E-state index in [1.165, 1.54) is 12.1 Å². The number of fused-ring (bicyclic) bond motifs is 2. The normalized spacial score (nSPS) is 21.4. The van der Waals surface area contributed by atoms with Crippen LogP contribution in [0.1, 0.15) is 62.8 Å². The Morgan fingerprint density at radius 1 is 0.914 bits per heavy atom. The third-order valence-electron chi connectivity index (χ3n) is 6.10. The molecule has 0 saturated heterocycles. The number of carbonyl (C=O) groups is 2. The summed E-state index contributed by atoms with van der Waals surface area (Å²) in [6, 6.07) is 9.79. The highest BCUT2D eigenvalue weighted by molar-refractivity contribution is 6.67. The zero-order valence-corrected chi connectivity index (χ0v) is 21.3. The van der Waals surface area contributed by atoms with E-state index in [1.807, 2.05) is 13.0 Å². The molecule has 2 aliphatic rings. The molecule has 2 unspecified atom stereocenters. The zero-order valence-electron chi connectivity index (χ0n) is 20.5. The third-order valence-corrected chi connectivity index (χ3v) is 6.43. The molecule has 35 heavy (non-hydrogen) atoms. The van der Waals surface area contributed by atoms with E-state index in [0.29, 0.717) is 48.0 Å². The van der Waals surface area contributed by atoms with Crippen LogP contribution < -0.4 is 0 Å². The number of hydrogen-bond acceptors (Lipinski definition) is 4. The lowest BCUT2D eigenvalue weighted by atomic mass is 9.98. The summed E-state index contributed by atoms with van der Waals surface area (Å²) >= 11 is 4.87. The van der Waals surface area contributed by atoms with Gasteiger partial charge in [0.2, 0.25) is 5.24 Å². The first-order chi connectivity index (χ1) is 16.2. The molecule has 2 atom stereocenters. The van der Waals surface area contributed by atoms with Crippen LogP contribution in [0.3, 0.4) is 0 Å². The Bertz CT molecular complexity index is 1140. The van der Waals surface area contributed by atoms with Crippen molar-refractivity contribution >= 4 is 22.8 Å². The molecule has 2 aliphatic carbocycles. The lowest BCUT2D eigenvalue weighted by Gasteiger charge is -2.25. The minimum absolute atomic E-state index is 0.190. The Labute approximate surface area is 210 Å². The summed E-state index contributed by atoms with van der Waals surface area (Å²) in [7, 11) is 0. The van der Waals surface area contributed by atoms with Crippen molar-refractivity contribution in [2.45, 2.75) is 64.6 Å². The summed E-state index contributed by atoms with van der Waals surface area (Å²) < 4.78 is 32.1. The number of halogens is 3. The van der Waals surface area contributed by atoms with Crippen LogP contribution in [0.2, 0.25) is 0 Å². The highest BCUT2D eigenvalue weighted by Crippen LogP contribution is 2.41. The van der Waals surface area contributed by atoms with E-state index < -0.39 is 22.4 Å². The van der Waals surface area contributed by atoms with Crippen molar-refractivity contribution in [1.29, 1.82) is 0 Å². The molecule has 1 N–H and O–H groups in total. The molecule has 0 heterocycles. The third kappa shape index (κ3) is 6.86. The van der Waals surface area contributed by atoms with E-state index in [0.717, 1.165) is 11.1 Å². The molecule has 0 amide bonds. The first-order valence-electron chi connectivity index (χ1n) is 11.2. The largest absolute Gasteiger partial charge is 0.451 e. The van der Waals surface area contributed by atoms with Crippen LogP contribution in [0.4, 0.5) is 8.78 Å². The number of benzene rings is 2. The SMILES string of the molecule is C=C(C)C(=O)Cl.C=C(C)C(=O)OC1(C)CCc2c(F)cccc21.CC1(O)CCc2c(F)cccc21. The summed E-state index contributed by atoms with van der Waals surface area (Å²) in [4.78, 5) is 21.4. The number of carbonyl (C=O) groups excluding carboxylic acids is 2.